The fourth-order valence-corrected chi connectivity index (χ4v) is 0.625. The quantitative estimate of drug-likeness (QED) is 0.542. The second kappa shape index (κ2) is 4.60. The zero-order valence-corrected chi connectivity index (χ0v) is 6.99. The molecule has 0 spiro atoms. The van der Waals surface area contributed by atoms with E-state index in [1.807, 2.05) is 0 Å². The van der Waals surface area contributed by atoms with Gasteiger partial charge in [-0.15, -0.1) is 0 Å². The summed E-state index contributed by atoms with van der Waals surface area (Å²) in [6, 6.07) is 0. The van der Waals surface area contributed by atoms with Crippen molar-refractivity contribution in [3.63, 3.8) is 0 Å². The summed E-state index contributed by atoms with van der Waals surface area (Å²) < 4.78 is 0. The van der Waals surface area contributed by atoms with Crippen molar-refractivity contribution in [1.82, 2.24) is 0 Å². The molecule has 0 aromatic rings. The molecule has 9 heavy (non-hydrogen) atoms. The largest absolute Gasteiger partial charge is 0.0788 e. The molecule has 0 aromatic heterocycles. The molecule has 0 aliphatic carbocycles. The van der Waals surface area contributed by atoms with Gasteiger partial charge in [-0.25, -0.2) is 0 Å². The zero-order chi connectivity index (χ0) is 7.28. The number of allylic oxidation sites excluding steroid dienone is 2. The molecular formula is C9H17. The first-order valence-electron chi connectivity index (χ1n) is 3.70. The van der Waals surface area contributed by atoms with E-state index in [1.165, 1.54) is 24.3 Å². The molecule has 0 fully saturated rings. The minimum atomic E-state index is 1.18. The highest BCUT2D eigenvalue weighted by Gasteiger charge is 1.92. The van der Waals surface area contributed by atoms with Crippen molar-refractivity contribution in [3.8, 4) is 0 Å². The molecular weight excluding hydrogens is 108 g/mol. The zero-order valence-electron chi connectivity index (χ0n) is 6.99. The molecule has 0 nitrogen and oxygen atoms in total. The van der Waals surface area contributed by atoms with Crippen LogP contribution in [0.2, 0.25) is 0 Å². The summed E-state index contributed by atoms with van der Waals surface area (Å²) in [7, 11) is 0. The summed E-state index contributed by atoms with van der Waals surface area (Å²) in [5.74, 6) is 1.48. The normalized spacial score (nSPS) is 12.8. The highest BCUT2D eigenvalue weighted by atomic mass is 14.0. The van der Waals surface area contributed by atoms with E-state index < -0.39 is 0 Å². The van der Waals surface area contributed by atoms with Crippen molar-refractivity contribution >= 4 is 0 Å². The molecule has 0 saturated heterocycles. The Morgan fingerprint density at radius 1 is 1.11 bits per heavy atom. The van der Waals surface area contributed by atoms with Gasteiger partial charge in [-0.05, 0) is 25.7 Å². The van der Waals surface area contributed by atoms with Crippen LogP contribution in [0, 0.1) is 5.92 Å². The van der Waals surface area contributed by atoms with Crippen LogP contribution in [-0.4, -0.2) is 0 Å². The predicted octanol–water partition coefficient (Wildman–Crippen LogP) is 3.35. The first-order valence-corrected chi connectivity index (χ1v) is 3.70. The Balaban J connectivity index is 3.64. The van der Waals surface area contributed by atoms with Gasteiger partial charge in [0.15, 0.2) is 0 Å². The van der Waals surface area contributed by atoms with Gasteiger partial charge in [-0.3, -0.25) is 0 Å². The molecule has 0 atom stereocenters. The van der Waals surface area contributed by atoms with Gasteiger partial charge in [-0.2, -0.15) is 0 Å². The van der Waals surface area contributed by atoms with E-state index in [0.29, 0.717) is 0 Å². The summed E-state index contributed by atoms with van der Waals surface area (Å²) in [5, 5.41) is 0. The molecule has 0 heterocycles. The van der Waals surface area contributed by atoms with E-state index >= 15 is 0 Å². The third-order valence-corrected chi connectivity index (χ3v) is 1.61. The van der Waals surface area contributed by atoms with Gasteiger partial charge in [0.05, 0.1) is 0 Å². The first-order chi connectivity index (χ1) is 4.20. The standard InChI is InChI=1S/C9H17/c1-5-8(3)7-9(4)6-2/h7H,5-6H2,1-4H3/b8-7+. The van der Waals surface area contributed by atoms with Crippen LogP contribution in [0.4, 0.5) is 0 Å². The average Bonchev–Trinajstić information content (AvgIpc) is 1.87. The van der Waals surface area contributed by atoms with Crippen LogP contribution in [0.5, 0.6) is 0 Å². The van der Waals surface area contributed by atoms with Crippen LogP contribution in [-0.2, 0) is 0 Å². The van der Waals surface area contributed by atoms with Crippen LogP contribution in [0.3, 0.4) is 0 Å². The van der Waals surface area contributed by atoms with E-state index in [9.17, 15) is 0 Å². The molecule has 0 aliphatic heterocycles. The van der Waals surface area contributed by atoms with Crippen molar-refractivity contribution in [1.29, 1.82) is 0 Å². The third kappa shape index (κ3) is 4.26. The lowest BCUT2D eigenvalue weighted by atomic mass is 10.0. The maximum absolute atomic E-state index is 2.28. The second-order valence-electron chi connectivity index (χ2n) is 2.54. The minimum Gasteiger partial charge on any atom is -0.0788 e. The summed E-state index contributed by atoms with van der Waals surface area (Å²) in [5.41, 5.74) is 1.48. The molecule has 53 valence electrons. The monoisotopic (exact) mass is 125 g/mol. The molecule has 0 saturated carbocycles. The maximum atomic E-state index is 2.28. The van der Waals surface area contributed by atoms with E-state index in [4.69, 9.17) is 0 Å². The smallest absolute Gasteiger partial charge is 0.00583 e. The molecule has 0 aliphatic rings. The number of rotatable bonds is 3. The lowest BCUT2D eigenvalue weighted by Gasteiger charge is -2.01. The fourth-order valence-electron chi connectivity index (χ4n) is 0.625. The highest BCUT2D eigenvalue weighted by Crippen LogP contribution is 2.10. The van der Waals surface area contributed by atoms with Crippen molar-refractivity contribution in [2.45, 2.75) is 40.5 Å². The molecule has 0 unspecified atom stereocenters. The summed E-state index contributed by atoms with van der Waals surface area (Å²) in [6.07, 6.45) is 4.63. The van der Waals surface area contributed by atoms with Crippen LogP contribution >= 0.6 is 0 Å². The SMILES string of the molecule is CC[C](C)/C=C(\C)CC. The number of hydrogen-bond acceptors (Lipinski definition) is 0. The Bertz CT molecular complexity index is 90.2. The van der Waals surface area contributed by atoms with E-state index in [1.54, 1.807) is 0 Å². The predicted molar refractivity (Wildman–Crippen MR) is 43.3 cm³/mol. The lowest BCUT2D eigenvalue weighted by Crippen LogP contribution is -1.83. The molecule has 0 N–H and O–H groups in total. The van der Waals surface area contributed by atoms with Gasteiger partial charge in [0, 0.05) is 0 Å². The molecule has 0 rings (SSSR count). The van der Waals surface area contributed by atoms with Gasteiger partial charge in [0.2, 0.25) is 0 Å². The van der Waals surface area contributed by atoms with Crippen LogP contribution < -0.4 is 0 Å². The highest BCUT2D eigenvalue weighted by molar-refractivity contribution is 5.12. The molecule has 0 bridgehead atoms. The Morgan fingerprint density at radius 3 is 2.00 bits per heavy atom. The van der Waals surface area contributed by atoms with Crippen molar-refractivity contribution in [3.05, 3.63) is 17.6 Å². The summed E-state index contributed by atoms with van der Waals surface area (Å²) in [6.45, 7) is 8.74. The summed E-state index contributed by atoms with van der Waals surface area (Å²) in [4.78, 5) is 0. The van der Waals surface area contributed by atoms with Gasteiger partial charge in [-0.1, -0.05) is 32.4 Å². The third-order valence-electron chi connectivity index (χ3n) is 1.61. The van der Waals surface area contributed by atoms with Crippen LogP contribution in [0.1, 0.15) is 40.5 Å². The van der Waals surface area contributed by atoms with E-state index in [2.05, 4.69) is 33.8 Å². The Kier molecular flexibility index (Phi) is 4.47. The Hall–Kier alpha value is -0.260. The topological polar surface area (TPSA) is 0 Å². The molecule has 0 amide bonds. The van der Waals surface area contributed by atoms with Gasteiger partial charge < -0.3 is 0 Å². The number of hydrogen-bond donors (Lipinski definition) is 0. The lowest BCUT2D eigenvalue weighted by molar-refractivity contribution is 0.960. The maximum Gasteiger partial charge on any atom is -0.00583 e. The molecule has 1 radical (unpaired) electrons. The Labute approximate surface area is 59.0 Å². The molecule has 0 heteroatoms. The van der Waals surface area contributed by atoms with Crippen molar-refractivity contribution in [2.24, 2.45) is 0 Å². The fraction of sp³-hybridized carbons (Fsp3) is 0.667. The van der Waals surface area contributed by atoms with Gasteiger partial charge in [0.1, 0.15) is 0 Å². The van der Waals surface area contributed by atoms with Crippen LogP contribution in [0.25, 0.3) is 0 Å². The van der Waals surface area contributed by atoms with E-state index in [0.717, 1.165) is 0 Å². The summed E-state index contributed by atoms with van der Waals surface area (Å²) >= 11 is 0. The van der Waals surface area contributed by atoms with Gasteiger partial charge >= 0.3 is 0 Å². The first kappa shape index (κ1) is 8.74. The van der Waals surface area contributed by atoms with Gasteiger partial charge in [0.25, 0.3) is 0 Å². The van der Waals surface area contributed by atoms with Crippen molar-refractivity contribution < 1.29 is 0 Å². The average molecular weight is 125 g/mol. The van der Waals surface area contributed by atoms with E-state index in [-0.39, 0.29) is 0 Å². The second-order valence-corrected chi connectivity index (χ2v) is 2.54. The molecule has 0 aromatic carbocycles. The minimum absolute atomic E-state index is 1.18. The Morgan fingerprint density at radius 2 is 1.67 bits per heavy atom. The van der Waals surface area contributed by atoms with Crippen molar-refractivity contribution in [2.75, 3.05) is 0 Å². The van der Waals surface area contributed by atoms with Crippen LogP contribution in [0.15, 0.2) is 11.6 Å².